The summed E-state index contributed by atoms with van der Waals surface area (Å²) in [5.74, 6) is -0.675. The first-order chi connectivity index (χ1) is 8.52. The minimum absolute atomic E-state index is 0.220. The Hall–Kier alpha value is -2.08. The number of nitrogens with one attached hydrogen (secondary N) is 1. The number of oxazole rings is 1. The number of benzene rings is 1. The van der Waals surface area contributed by atoms with Gasteiger partial charge in [-0.25, -0.2) is 4.79 Å². The van der Waals surface area contributed by atoms with Gasteiger partial charge in [-0.2, -0.15) is 0 Å². The Labute approximate surface area is 103 Å². The monoisotopic (exact) mass is 250 g/mol. The molecule has 0 spiro atoms. The largest absolute Gasteiger partial charge is 0.419 e. The van der Waals surface area contributed by atoms with Crippen LogP contribution in [-0.2, 0) is 11.8 Å². The molecule has 6 nitrogen and oxygen atoms in total. The molecule has 0 saturated heterocycles. The van der Waals surface area contributed by atoms with Gasteiger partial charge in [0.1, 0.15) is 0 Å². The zero-order valence-corrected chi connectivity index (χ0v) is 10.1. The van der Waals surface area contributed by atoms with Crippen LogP contribution < -0.4 is 11.1 Å². The Bertz CT molecular complexity index is 641. The van der Waals surface area contributed by atoms with E-state index in [-0.39, 0.29) is 12.5 Å². The number of fused-ring (bicyclic) bond motifs is 1. The van der Waals surface area contributed by atoms with Gasteiger partial charge in [-0.1, -0.05) is 6.07 Å². The van der Waals surface area contributed by atoms with Gasteiger partial charge >= 0.3 is 5.76 Å². The first kappa shape index (κ1) is 12.4. The van der Waals surface area contributed by atoms with Crippen molar-refractivity contribution in [2.45, 2.75) is 13.0 Å². The molecule has 0 radical (unpaired) electrons. The van der Waals surface area contributed by atoms with Crippen molar-refractivity contribution >= 4 is 17.0 Å². The fourth-order valence-corrected chi connectivity index (χ4v) is 1.85. The van der Waals surface area contributed by atoms with E-state index in [2.05, 4.69) is 5.32 Å². The van der Waals surface area contributed by atoms with Crippen LogP contribution in [0.5, 0.6) is 0 Å². The molecule has 6 heteroatoms. The van der Waals surface area contributed by atoms with Gasteiger partial charge in [-0.3, -0.25) is 9.36 Å². The maximum Gasteiger partial charge on any atom is 0.419 e. The van der Waals surface area contributed by atoms with Crippen LogP contribution in [-0.4, -0.2) is 22.2 Å². The van der Waals surface area contributed by atoms with E-state index in [0.29, 0.717) is 16.7 Å². The second kappa shape index (κ2) is 4.66. The molecule has 0 fully saturated rings. The summed E-state index contributed by atoms with van der Waals surface area (Å²) in [7, 11) is 1.62. The van der Waals surface area contributed by atoms with Crippen molar-refractivity contribution in [2.24, 2.45) is 7.05 Å². The molecule has 0 bridgehead atoms. The summed E-state index contributed by atoms with van der Waals surface area (Å²) >= 11 is 0. The van der Waals surface area contributed by atoms with Crippen LogP contribution in [0.2, 0.25) is 0 Å². The summed E-state index contributed by atoms with van der Waals surface area (Å²) in [6.07, 6.45) is 0. The molecule has 0 aliphatic rings. The highest BCUT2D eigenvalue weighted by atomic mass is 16.4. The topological polar surface area (TPSA) is 84.5 Å². The van der Waals surface area contributed by atoms with Crippen LogP contribution in [0.4, 0.5) is 0 Å². The highest BCUT2D eigenvalue weighted by Gasteiger charge is 2.14. The summed E-state index contributed by atoms with van der Waals surface area (Å²) < 4.78 is 6.45. The SMILES string of the molecule is CC(=O)NC(CO)c1ccc2c(c1)oc(=O)n2C. The summed E-state index contributed by atoms with van der Waals surface area (Å²) in [5, 5.41) is 11.9. The van der Waals surface area contributed by atoms with Crippen molar-refractivity contribution < 1.29 is 14.3 Å². The second-order valence-corrected chi connectivity index (χ2v) is 4.09. The highest BCUT2D eigenvalue weighted by Crippen LogP contribution is 2.19. The summed E-state index contributed by atoms with van der Waals surface area (Å²) in [4.78, 5) is 22.4. The minimum atomic E-state index is -0.502. The first-order valence-corrected chi connectivity index (χ1v) is 5.50. The predicted octanol–water partition coefficient (Wildman–Crippen LogP) is 0.301. The maximum absolute atomic E-state index is 11.3. The van der Waals surface area contributed by atoms with Gasteiger partial charge in [-0.05, 0) is 17.7 Å². The fraction of sp³-hybridized carbons (Fsp3) is 0.333. The van der Waals surface area contributed by atoms with E-state index in [1.54, 1.807) is 25.2 Å². The van der Waals surface area contributed by atoms with Gasteiger partial charge in [0, 0.05) is 14.0 Å². The minimum Gasteiger partial charge on any atom is -0.408 e. The molecule has 1 heterocycles. The van der Waals surface area contributed by atoms with E-state index >= 15 is 0 Å². The van der Waals surface area contributed by atoms with Crippen LogP contribution in [0, 0.1) is 0 Å². The zero-order chi connectivity index (χ0) is 13.3. The van der Waals surface area contributed by atoms with Crippen molar-refractivity contribution in [1.82, 2.24) is 9.88 Å². The normalized spacial score (nSPS) is 12.6. The molecule has 2 rings (SSSR count). The zero-order valence-electron chi connectivity index (χ0n) is 10.1. The van der Waals surface area contributed by atoms with Gasteiger partial charge in [0.25, 0.3) is 0 Å². The summed E-state index contributed by atoms with van der Waals surface area (Å²) in [6, 6.07) is 4.61. The second-order valence-electron chi connectivity index (χ2n) is 4.09. The lowest BCUT2D eigenvalue weighted by molar-refractivity contribution is -0.120. The molecular weight excluding hydrogens is 236 g/mol. The molecule has 1 amide bonds. The van der Waals surface area contributed by atoms with Crippen molar-refractivity contribution in [3.8, 4) is 0 Å². The Kier molecular flexibility index (Phi) is 3.20. The lowest BCUT2D eigenvalue weighted by atomic mass is 10.1. The van der Waals surface area contributed by atoms with E-state index in [9.17, 15) is 14.7 Å². The standard InChI is InChI=1S/C12H14N2O4/c1-7(16)13-9(6-15)8-3-4-10-11(5-8)18-12(17)14(10)2/h3-5,9,15H,6H2,1-2H3,(H,13,16). The molecular formula is C12H14N2O4. The number of hydrogen-bond acceptors (Lipinski definition) is 4. The van der Waals surface area contributed by atoms with Crippen molar-refractivity contribution in [2.75, 3.05) is 6.61 Å². The smallest absolute Gasteiger partial charge is 0.408 e. The number of rotatable bonds is 3. The quantitative estimate of drug-likeness (QED) is 0.820. The number of carbonyl (C=O) groups is 1. The maximum atomic E-state index is 11.3. The molecule has 1 atom stereocenters. The molecule has 0 aliphatic heterocycles. The Morgan fingerprint density at radius 1 is 1.56 bits per heavy atom. The van der Waals surface area contributed by atoms with Gasteiger partial charge in [0.2, 0.25) is 5.91 Å². The van der Waals surface area contributed by atoms with Gasteiger partial charge < -0.3 is 14.8 Å². The molecule has 18 heavy (non-hydrogen) atoms. The third-order valence-electron chi connectivity index (χ3n) is 2.78. The van der Waals surface area contributed by atoms with E-state index in [1.807, 2.05) is 0 Å². The molecule has 1 aromatic heterocycles. The van der Waals surface area contributed by atoms with E-state index < -0.39 is 11.8 Å². The third-order valence-corrected chi connectivity index (χ3v) is 2.78. The van der Waals surface area contributed by atoms with Crippen molar-refractivity contribution in [1.29, 1.82) is 0 Å². The average Bonchev–Trinajstić information content (AvgIpc) is 2.61. The molecule has 0 aliphatic carbocycles. The van der Waals surface area contributed by atoms with Crippen LogP contribution in [0.1, 0.15) is 18.5 Å². The number of aliphatic hydroxyl groups excluding tert-OH is 1. The molecule has 96 valence electrons. The summed E-state index contributed by atoms with van der Waals surface area (Å²) in [6.45, 7) is 1.16. The number of aromatic nitrogens is 1. The van der Waals surface area contributed by atoms with Crippen LogP contribution >= 0.6 is 0 Å². The predicted molar refractivity (Wildman–Crippen MR) is 65.1 cm³/mol. The van der Waals surface area contributed by atoms with Crippen LogP contribution in [0.25, 0.3) is 11.1 Å². The Morgan fingerprint density at radius 3 is 2.89 bits per heavy atom. The number of aliphatic hydroxyl groups is 1. The number of carbonyl (C=O) groups excluding carboxylic acids is 1. The fourth-order valence-electron chi connectivity index (χ4n) is 1.85. The van der Waals surface area contributed by atoms with E-state index in [4.69, 9.17) is 4.42 Å². The van der Waals surface area contributed by atoms with Crippen LogP contribution in [0.15, 0.2) is 27.4 Å². The van der Waals surface area contributed by atoms with Gasteiger partial charge in [0.15, 0.2) is 5.58 Å². The lowest BCUT2D eigenvalue weighted by Gasteiger charge is -2.15. The highest BCUT2D eigenvalue weighted by molar-refractivity contribution is 5.75. The lowest BCUT2D eigenvalue weighted by Crippen LogP contribution is -2.28. The number of nitrogens with zero attached hydrogens (tertiary/aromatic N) is 1. The average molecular weight is 250 g/mol. The van der Waals surface area contributed by atoms with Gasteiger partial charge in [0.05, 0.1) is 18.2 Å². The van der Waals surface area contributed by atoms with E-state index in [1.165, 1.54) is 11.5 Å². The number of hydrogen-bond donors (Lipinski definition) is 2. The molecule has 1 aromatic carbocycles. The molecule has 2 N–H and O–H groups in total. The first-order valence-electron chi connectivity index (χ1n) is 5.50. The van der Waals surface area contributed by atoms with Crippen molar-refractivity contribution in [3.05, 3.63) is 34.3 Å². The number of amides is 1. The summed E-state index contributed by atoms with van der Waals surface area (Å²) in [5.41, 5.74) is 1.79. The van der Waals surface area contributed by atoms with E-state index in [0.717, 1.165) is 0 Å². The molecule has 0 saturated carbocycles. The van der Waals surface area contributed by atoms with Gasteiger partial charge in [-0.15, -0.1) is 0 Å². The molecule has 1 unspecified atom stereocenters. The third kappa shape index (κ3) is 2.14. The Balaban J connectivity index is 2.45. The van der Waals surface area contributed by atoms with Crippen molar-refractivity contribution in [3.63, 3.8) is 0 Å². The Morgan fingerprint density at radius 2 is 2.28 bits per heavy atom. The van der Waals surface area contributed by atoms with Crippen LogP contribution in [0.3, 0.4) is 0 Å². The molecule has 2 aromatic rings. The number of aryl methyl sites for hydroxylation is 1.